The van der Waals surface area contributed by atoms with Crippen molar-refractivity contribution in [3.8, 4) is 0 Å². The van der Waals surface area contributed by atoms with Crippen LogP contribution in [0.25, 0.3) is 0 Å². The second kappa shape index (κ2) is 4.59. The van der Waals surface area contributed by atoms with Crippen molar-refractivity contribution in [1.82, 2.24) is 0 Å². The Labute approximate surface area is 115 Å². The summed E-state index contributed by atoms with van der Waals surface area (Å²) < 4.78 is 24.9. The number of hydrogen-bond donors (Lipinski definition) is 2. The summed E-state index contributed by atoms with van der Waals surface area (Å²) in [5.74, 6) is -0.274. The molecule has 0 bridgehead atoms. The van der Waals surface area contributed by atoms with Crippen LogP contribution in [0.2, 0.25) is 0 Å². The molecule has 3 N–H and O–H groups in total. The van der Waals surface area contributed by atoms with Crippen LogP contribution in [0.1, 0.15) is 18.4 Å². The van der Waals surface area contributed by atoms with E-state index in [9.17, 15) is 13.5 Å². The summed E-state index contributed by atoms with van der Waals surface area (Å²) in [5, 5.41) is 8.70. The van der Waals surface area contributed by atoms with Crippen LogP contribution in [0, 0.1) is 0 Å². The summed E-state index contributed by atoms with van der Waals surface area (Å²) in [5.41, 5.74) is 5.84. The largest absolute Gasteiger partial charge is 0.394 e. The number of halogens is 1. The van der Waals surface area contributed by atoms with E-state index in [-0.39, 0.29) is 18.3 Å². The summed E-state index contributed by atoms with van der Waals surface area (Å²) in [6, 6.07) is 7.39. The Kier molecular flexibility index (Phi) is 3.57. The maximum absolute atomic E-state index is 12.0. The Hall–Kier alpha value is -0.430. The zero-order valence-corrected chi connectivity index (χ0v) is 12.4. The third-order valence-electron chi connectivity index (χ3n) is 3.59. The Balaban J connectivity index is 2.37. The van der Waals surface area contributed by atoms with Crippen LogP contribution in [0.4, 0.5) is 0 Å². The van der Waals surface area contributed by atoms with Crippen LogP contribution in [-0.4, -0.2) is 36.7 Å². The fraction of sp³-hybridized carbons (Fsp3) is 0.500. The maximum atomic E-state index is 12.0. The first-order valence-corrected chi connectivity index (χ1v) is 8.24. The van der Waals surface area contributed by atoms with Crippen LogP contribution in [0.15, 0.2) is 28.7 Å². The van der Waals surface area contributed by atoms with Crippen molar-refractivity contribution in [2.24, 2.45) is 5.73 Å². The molecule has 0 heterocycles. The van der Waals surface area contributed by atoms with E-state index in [0.717, 1.165) is 10.0 Å². The molecule has 2 rings (SSSR count). The first-order chi connectivity index (χ1) is 8.36. The Morgan fingerprint density at radius 2 is 1.94 bits per heavy atom. The van der Waals surface area contributed by atoms with E-state index in [1.807, 2.05) is 24.3 Å². The summed E-state index contributed by atoms with van der Waals surface area (Å²) in [6.45, 7) is 1.28. The van der Waals surface area contributed by atoms with Crippen LogP contribution in [-0.2, 0) is 9.84 Å². The highest BCUT2D eigenvalue weighted by atomic mass is 79.9. The van der Waals surface area contributed by atoms with E-state index in [1.54, 1.807) is 6.92 Å². The quantitative estimate of drug-likeness (QED) is 0.862. The van der Waals surface area contributed by atoms with Gasteiger partial charge in [0, 0.05) is 16.1 Å². The number of sulfone groups is 1. The molecule has 0 amide bonds. The second-order valence-electron chi connectivity index (χ2n) is 4.67. The molecular weight excluding hydrogens is 318 g/mol. The average Bonchev–Trinajstić information content (AvgIpc) is 2.98. The molecular formula is C12H16BrNO3S. The highest BCUT2D eigenvalue weighted by Crippen LogP contribution is 2.54. The van der Waals surface area contributed by atoms with Gasteiger partial charge in [0.2, 0.25) is 0 Å². The standard InChI is InChI=1S/C12H16BrNO3S/c1-2-18(16,17)11-10(12(11,14)7-15)8-3-5-9(13)6-4-8/h3-6,10-11,15H,2,7,14H2,1H3/t10-,11+,12+/m1/s1. The van der Waals surface area contributed by atoms with Gasteiger partial charge in [-0.2, -0.15) is 0 Å². The van der Waals surface area contributed by atoms with E-state index >= 15 is 0 Å². The van der Waals surface area contributed by atoms with Crippen molar-refractivity contribution in [3.05, 3.63) is 34.3 Å². The number of aliphatic hydroxyl groups excluding tert-OH is 1. The molecule has 0 unspecified atom stereocenters. The number of aliphatic hydroxyl groups is 1. The smallest absolute Gasteiger partial charge is 0.155 e. The highest BCUT2D eigenvalue weighted by Gasteiger charge is 2.68. The lowest BCUT2D eigenvalue weighted by molar-refractivity contribution is 0.253. The predicted octanol–water partition coefficient (Wildman–Crippen LogP) is 1.04. The Bertz CT molecular complexity index is 543. The van der Waals surface area contributed by atoms with Gasteiger partial charge in [-0.15, -0.1) is 0 Å². The predicted molar refractivity (Wildman–Crippen MR) is 74.1 cm³/mol. The summed E-state index contributed by atoms with van der Waals surface area (Å²) in [7, 11) is -3.25. The van der Waals surface area contributed by atoms with Gasteiger partial charge in [-0.05, 0) is 17.7 Å². The molecule has 4 nitrogen and oxygen atoms in total. The lowest BCUT2D eigenvalue weighted by Gasteiger charge is -2.07. The molecule has 1 fully saturated rings. The minimum absolute atomic E-state index is 0.0453. The van der Waals surface area contributed by atoms with Gasteiger partial charge in [0.1, 0.15) is 0 Å². The average molecular weight is 334 g/mol. The van der Waals surface area contributed by atoms with Crippen LogP contribution in [0.5, 0.6) is 0 Å². The molecule has 18 heavy (non-hydrogen) atoms. The van der Waals surface area contributed by atoms with Crippen LogP contribution < -0.4 is 5.73 Å². The molecule has 1 saturated carbocycles. The SMILES string of the molecule is CCS(=O)(=O)[C@H]1[C@@H](c2ccc(Br)cc2)[C@@]1(N)CO. The molecule has 1 aliphatic carbocycles. The molecule has 0 aromatic heterocycles. The van der Waals surface area contributed by atoms with Crippen molar-refractivity contribution in [1.29, 1.82) is 0 Å². The monoisotopic (exact) mass is 333 g/mol. The number of benzene rings is 1. The number of rotatable bonds is 4. The minimum atomic E-state index is -3.25. The molecule has 0 radical (unpaired) electrons. The lowest BCUT2D eigenvalue weighted by Crippen LogP contribution is -2.35. The molecule has 1 aromatic rings. The maximum Gasteiger partial charge on any atom is 0.155 e. The molecule has 100 valence electrons. The minimum Gasteiger partial charge on any atom is -0.394 e. The van der Waals surface area contributed by atoms with Gasteiger partial charge in [0.25, 0.3) is 0 Å². The highest BCUT2D eigenvalue weighted by molar-refractivity contribution is 9.10. The van der Waals surface area contributed by atoms with Gasteiger partial charge in [-0.3, -0.25) is 0 Å². The van der Waals surface area contributed by atoms with Crippen LogP contribution >= 0.6 is 15.9 Å². The van der Waals surface area contributed by atoms with E-state index < -0.39 is 20.6 Å². The summed E-state index contributed by atoms with van der Waals surface area (Å²) >= 11 is 3.33. The number of hydrogen-bond acceptors (Lipinski definition) is 4. The third kappa shape index (κ3) is 2.11. The van der Waals surface area contributed by atoms with Crippen molar-refractivity contribution < 1.29 is 13.5 Å². The fourth-order valence-electron chi connectivity index (χ4n) is 2.49. The lowest BCUT2D eigenvalue weighted by atomic mass is 10.1. The first kappa shape index (κ1) is 14.0. The zero-order chi connectivity index (χ0) is 13.6. The second-order valence-corrected chi connectivity index (χ2v) is 8.00. The van der Waals surface area contributed by atoms with Crippen molar-refractivity contribution in [3.63, 3.8) is 0 Å². The normalized spacial score (nSPS) is 31.3. The topological polar surface area (TPSA) is 80.4 Å². The van der Waals surface area contributed by atoms with Gasteiger partial charge >= 0.3 is 0 Å². The summed E-state index contributed by atoms with van der Waals surface area (Å²) in [4.78, 5) is 0. The molecule has 0 aliphatic heterocycles. The van der Waals surface area contributed by atoms with E-state index in [1.165, 1.54) is 0 Å². The van der Waals surface area contributed by atoms with E-state index in [2.05, 4.69) is 15.9 Å². The van der Waals surface area contributed by atoms with Gasteiger partial charge in [0.05, 0.1) is 17.4 Å². The fourth-order valence-corrected chi connectivity index (χ4v) is 4.75. The molecule has 1 aliphatic rings. The third-order valence-corrected chi connectivity index (χ3v) is 6.41. The number of nitrogens with two attached hydrogens (primary N) is 1. The molecule has 0 spiro atoms. The van der Waals surface area contributed by atoms with Crippen LogP contribution in [0.3, 0.4) is 0 Å². The zero-order valence-electron chi connectivity index (χ0n) is 10.0. The van der Waals surface area contributed by atoms with Crippen molar-refractivity contribution in [2.75, 3.05) is 12.4 Å². The molecule has 0 saturated heterocycles. The first-order valence-electron chi connectivity index (χ1n) is 5.73. The van der Waals surface area contributed by atoms with Gasteiger partial charge in [-0.25, -0.2) is 8.42 Å². The molecule has 3 atom stereocenters. The molecule has 6 heteroatoms. The van der Waals surface area contributed by atoms with Crippen molar-refractivity contribution >= 4 is 25.8 Å². The van der Waals surface area contributed by atoms with Gasteiger partial charge in [0.15, 0.2) is 9.84 Å². The Morgan fingerprint density at radius 1 is 1.39 bits per heavy atom. The van der Waals surface area contributed by atoms with Gasteiger partial charge in [-0.1, -0.05) is 35.0 Å². The van der Waals surface area contributed by atoms with Gasteiger partial charge < -0.3 is 10.8 Å². The van der Waals surface area contributed by atoms with Crippen molar-refractivity contribution in [2.45, 2.75) is 23.6 Å². The van der Waals surface area contributed by atoms with E-state index in [0.29, 0.717) is 0 Å². The van der Waals surface area contributed by atoms with E-state index in [4.69, 9.17) is 5.73 Å². The summed E-state index contributed by atoms with van der Waals surface area (Å²) in [6.07, 6.45) is 0. The molecule has 1 aromatic carbocycles. The Morgan fingerprint density at radius 3 is 2.39 bits per heavy atom.